The molecule has 0 aliphatic rings. The zero-order chi connectivity index (χ0) is 12.2. The lowest BCUT2D eigenvalue weighted by atomic mass is 10.2. The average Bonchev–Trinajstić information content (AvgIpc) is 2.27. The Bertz CT molecular complexity index is 521. The standard InChI is InChI=1S/C12H15NO2S/c1-10(2)7-8-11-5-4-6-12(9-11)16(14,15)13-3/h4-6,9-10,13H,1-3H3. The van der Waals surface area contributed by atoms with E-state index in [-0.39, 0.29) is 10.8 Å². The minimum absolute atomic E-state index is 0.241. The van der Waals surface area contributed by atoms with Crippen LogP contribution in [0.25, 0.3) is 0 Å². The molecule has 16 heavy (non-hydrogen) atoms. The molecule has 1 rings (SSSR count). The summed E-state index contributed by atoms with van der Waals surface area (Å²) in [6.45, 7) is 3.97. The van der Waals surface area contributed by atoms with Crippen molar-refractivity contribution in [2.45, 2.75) is 18.7 Å². The van der Waals surface area contributed by atoms with Crippen LogP contribution in [0.3, 0.4) is 0 Å². The highest BCUT2D eigenvalue weighted by atomic mass is 32.2. The van der Waals surface area contributed by atoms with Crippen LogP contribution in [0.5, 0.6) is 0 Å². The molecule has 1 aromatic rings. The van der Waals surface area contributed by atoms with Gasteiger partial charge in [0.15, 0.2) is 0 Å². The van der Waals surface area contributed by atoms with Crippen molar-refractivity contribution in [2.75, 3.05) is 7.05 Å². The van der Waals surface area contributed by atoms with Crippen LogP contribution < -0.4 is 4.72 Å². The molecule has 86 valence electrons. The van der Waals surface area contributed by atoms with Crippen LogP contribution in [0.1, 0.15) is 19.4 Å². The van der Waals surface area contributed by atoms with Crippen molar-refractivity contribution in [3.63, 3.8) is 0 Å². The second-order valence-electron chi connectivity index (χ2n) is 3.66. The largest absolute Gasteiger partial charge is 0.240 e. The molecule has 3 nitrogen and oxygen atoms in total. The Balaban J connectivity index is 3.12. The Morgan fingerprint density at radius 2 is 2.00 bits per heavy atom. The second kappa shape index (κ2) is 5.15. The quantitative estimate of drug-likeness (QED) is 0.794. The molecular weight excluding hydrogens is 222 g/mol. The normalized spacial score (nSPS) is 11.0. The molecule has 4 heteroatoms. The zero-order valence-electron chi connectivity index (χ0n) is 9.61. The summed E-state index contributed by atoms with van der Waals surface area (Å²) in [5.41, 5.74) is 0.713. The van der Waals surface area contributed by atoms with Gasteiger partial charge in [0.05, 0.1) is 4.90 Å². The molecule has 0 aromatic heterocycles. The summed E-state index contributed by atoms with van der Waals surface area (Å²) >= 11 is 0. The molecule has 0 amide bonds. The summed E-state index contributed by atoms with van der Waals surface area (Å²) in [6, 6.07) is 6.60. The van der Waals surface area contributed by atoms with Gasteiger partial charge < -0.3 is 0 Å². The highest BCUT2D eigenvalue weighted by Crippen LogP contribution is 2.10. The van der Waals surface area contributed by atoms with Crippen LogP contribution in [0.4, 0.5) is 0 Å². The molecule has 0 unspecified atom stereocenters. The van der Waals surface area contributed by atoms with E-state index in [1.54, 1.807) is 24.3 Å². The third kappa shape index (κ3) is 3.37. The molecule has 0 aliphatic carbocycles. The summed E-state index contributed by atoms with van der Waals surface area (Å²) in [6.07, 6.45) is 0. The first-order valence-electron chi connectivity index (χ1n) is 5.01. The van der Waals surface area contributed by atoms with Crippen molar-refractivity contribution in [3.05, 3.63) is 29.8 Å². The van der Waals surface area contributed by atoms with E-state index in [9.17, 15) is 8.42 Å². The van der Waals surface area contributed by atoms with E-state index in [2.05, 4.69) is 16.6 Å². The number of nitrogens with one attached hydrogen (secondary N) is 1. The summed E-state index contributed by atoms with van der Waals surface area (Å²) in [5.74, 6) is 6.20. The highest BCUT2D eigenvalue weighted by molar-refractivity contribution is 7.89. The smallest absolute Gasteiger partial charge is 0.214 e. The molecule has 0 spiro atoms. The van der Waals surface area contributed by atoms with E-state index in [1.165, 1.54) is 7.05 Å². The van der Waals surface area contributed by atoms with Gasteiger partial charge in [0.25, 0.3) is 0 Å². The lowest BCUT2D eigenvalue weighted by Gasteiger charge is -2.02. The van der Waals surface area contributed by atoms with Gasteiger partial charge in [-0.3, -0.25) is 0 Å². The molecule has 0 saturated carbocycles. The first-order valence-corrected chi connectivity index (χ1v) is 6.49. The van der Waals surface area contributed by atoms with E-state index < -0.39 is 10.0 Å². The highest BCUT2D eigenvalue weighted by Gasteiger charge is 2.10. The molecule has 1 N–H and O–H groups in total. The molecule has 0 aliphatic heterocycles. The fraction of sp³-hybridized carbons (Fsp3) is 0.333. The molecule has 1 aromatic carbocycles. The van der Waals surface area contributed by atoms with E-state index in [4.69, 9.17) is 0 Å². The van der Waals surface area contributed by atoms with Gasteiger partial charge in [0.2, 0.25) is 10.0 Å². The number of hydrogen-bond donors (Lipinski definition) is 1. The van der Waals surface area contributed by atoms with Gasteiger partial charge >= 0.3 is 0 Å². The van der Waals surface area contributed by atoms with Crippen molar-refractivity contribution in [1.82, 2.24) is 4.72 Å². The van der Waals surface area contributed by atoms with Gasteiger partial charge in [-0.1, -0.05) is 31.8 Å². The van der Waals surface area contributed by atoms with Crippen molar-refractivity contribution < 1.29 is 8.42 Å². The van der Waals surface area contributed by atoms with Crippen LogP contribution in [0, 0.1) is 17.8 Å². The van der Waals surface area contributed by atoms with Crippen LogP contribution in [0.15, 0.2) is 29.2 Å². The van der Waals surface area contributed by atoms with Crippen LogP contribution in [0.2, 0.25) is 0 Å². The summed E-state index contributed by atoms with van der Waals surface area (Å²) < 4.78 is 25.3. The first kappa shape index (κ1) is 12.8. The van der Waals surface area contributed by atoms with Gasteiger partial charge in [0, 0.05) is 11.5 Å². The maximum Gasteiger partial charge on any atom is 0.240 e. The molecule has 0 fully saturated rings. The number of sulfonamides is 1. The van der Waals surface area contributed by atoms with Crippen molar-refractivity contribution in [3.8, 4) is 11.8 Å². The fourth-order valence-corrected chi connectivity index (χ4v) is 1.86. The maximum atomic E-state index is 11.5. The average molecular weight is 237 g/mol. The Morgan fingerprint density at radius 3 is 2.56 bits per heavy atom. The Kier molecular flexibility index (Phi) is 4.11. The molecule has 0 bridgehead atoms. The van der Waals surface area contributed by atoms with Crippen molar-refractivity contribution in [1.29, 1.82) is 0 Å². The van der Waals surface area contributed by atoms with E-state index >= 15 is 0 Å². The summed E-state index contributed by atoms with van der Waals surface area (Å²) in [5, 5.41) is 0. The zero-order valence-corrected chi connectivity index (χ0v) is 10.4. The number of rotatable bonds is 2. The minimum atomic E-state index is -3.38. The number of benzene rings is 1. The van der Waals surface area contributed by atoms with Gasteiger partial charge in [-0.25, -0.2) is 13.1 Å². The number of hydrogen-bond acceptors (Lipinski definition) is 2. The Morgan fingerprint density at radius 1 is 1.31 bits per heavy atom. The molecular formula is C12H15NO2S. The molecule has 0 saturated heterocycles. The van der Waals surface area contributed by atoms with Crippen LogP contribution >= 0.6 is 0 Å². The third-order valence-electron chi connectivity index (χ3n) is 1.92. The molecule has 0 atom stereocenters. The fourth-order valence-electron chi connectivity index (χ4n) is 1.09. The van der Waals surface area contributed by atoms with Gasteiger partial charge in [0.1, 0.15) is 0 Å². The predicted molar refractivity (Wildman–Crippen MR) is 64.4 cm³/mol. The van der Waals surface area contributed by atoms with Crippen molar-refractivity contribution >= 4 is 10.0 Å². The summed E-state index contributed by atoms with van der Waals surface area (Å²) in [4.78, 5) is 0.241. The molecule has 0 heterocycles. The van der Waals surface area contributed by atoms with Crippen LogP contribution in [-0.4, -0.2) is 15.5 Å². The monoisotopic (exact) mass is 237 g/mol. The van der Waals surface area contributed by atoms with Gasteiger partial charge in [-0.15, -0.1) is 0 Å². The molecule has 0 radical (unpaired) electrons. The van der Waals surface area contributed by atoms with Crippen LogP contribution in [-0.2, 0) is 10.0 Å². The first-order chi connectivity index (χ1) is 7.45. The van der Waals surface area contributed by atoms with Crippen molar-refractivity contribution in [2.24, 2.45) is 5.92 Å². The van der Waals surface area contributed by atoms with E-state index in [0.29, 0.717) is 5.56 Å². The second-order valence-corrected chi connectivity index (χ2v) is 5.55. The lowest BCUT2D eigenvalue weighted by Crippen LogP contribution is -2.18. The van der Waals surface area contributed by atoms with Gasteiger partial charge in [-0.05, 0) is 25.2 Å². The lowest BCUT2D eigenvalue weighted by molar-refractivity contribution is 0.588. The van der Waals surface area contributed by atoms with E-state index in [0.717, 1.165) is 0 Å². The maximum absolute atomic E-state index is 11.5. The summed E-state index contributed by atoms with van der Waals surface area (Å²) in [7, 11) is -1.99. The third-order valence-corrected chi connectivity index (χ3v) is 3.33. The SMILES string of the molecule is CNS(=O)(=O)c1cccc(C#CC(C)C)c1. The Labute approximate surface area is 96.9 Å². The van der Waals surface area contributed by atoms with Gasteiger partial charge in [-0.2, -0.15) is 0 Å². The predicted octanol–water partition coefficient (Wildman–Crippen LogP) is 1.60. The topological polar surface area (TPSA) is 46.2 Å². The minimum Gasteiger partial charge on any atom is -0.214 e. The Hall–Kier alpha value is -1.31. The van der Waals surface area contributed by atoms with E-state index in [1.807, 2.05) is 13.8 Å².